The molecule has 2 heterocycles. The molecule has 8 rings (SSSR count). The van der Waals surface area contributed by atoms with Gasteiger partial charge in [-0.2, -0.15) is 0 Å². The summed E-state index contributed by atoms with van der Waals surface area (Å²) in [6.07, 6.45) is -0.346. The Morgan fingerprint density at radius 2 is 1.09 bits per heavy atom. The lowest BCUT2D eigenvalue weighted by Crippen LogP contribution is -2.33. The molecule has 0 saturated carbocycles. The van der Waals surface area contributed by atoms with Crippen molar-refractivity contribution in [2.24, 2.45) is 9.98 Å². The lowest BCUT2D eigenvalue weighted by Gasteiger charge is -2.25. The molecule has 0 aliphatic carbocycles. The molecule has 1 atom stereocenters. The summed E-state index contributed by atoms with van der Waals surface area (Å²) in [5.74, 6) is 1.49. The molecule has 0 fully saturated rings. The highest BCUT2D eigenvalue weighted by molar-refractivity contribution is 6.14. The van der Waals surface area contributed by atoms with Gasteiger partial charge in [-0.1, -0.05) is 140 Å². The number of hydrogen-bond donors (Lipinski definition) is 1. The normalized spacial score (nSPS) is 14.7. The monoisotopic (exact) mass is 553 g/mol. The SMILES string of the molecule is c1ccc(C2=NC(c3ccc(-c4ccccc4)cc3)=NC(c3ccccc3-c3cccc4oc5ccccc5c34)N2)cc1. The predicted octanol–water partition coefficient (Wildman–Crippen LogP) is 9.42. The zero-order chi connectivity index (χ0) is 28.6. The molecule has 4 heteroatoms. The number of para-hydroxylation sites is 1. The Balaban J connectivity index is 1.26. The van der Waals surface area contributed by atoms with Crippen LogP contribution in [0.2, 0.25) is 0 Å². The molecule has 0 amide bonds. The minimum atomic E-state index is -0.346. The van der Waals surface area contributed by atoms with E-state index in [9.17, 15) is 0 Å². The molecule has 204 valence electrons. The van der Waals surface area contributed by atoms with Crippen LogP contribution in [-0.2, 0) is 0 Å². The van der Waals surface area contributed by atoms with E-state index >= 15 is 0 Å². The Kier molecular flexibility index (Phi) is 6.16. The zero-order valence-electron chi connectivity index (χ0n) is 23.3. The number of nitrogens with one attached hydrogen (secondary N) is 1. The van der Waals surface area contributed by atoms with E-state index in [1.807, 2.05) is 42.5 Å². The van der Waals surface area contributed by atoms with Crippen LogP contribution in [0.3, 0.4) is 0 Å². The van der Waals surface area contributed by atoms with Crippen LogP contribution in [0.5, 0.6) is 0 Å². The third-order valence-corrected chi connectivity index (χ3v) is 7.99. The molecule has 4 nitrogen and oxygen atoms in total. The fourth-order valence-corrected chi connectivity index (χ4v) is 5.90. The summed E-state index contributed by atoms with van der Waals surface area (Å²) in [5, 5.41) is 5.87. The molecule has 0 radical (unpaired) electrons. The number of rotatable bonds is 5. The first-order valence-corrected chi connectivity index (χ1v) is 14.5. The highest BCUT2D eigenvalue weighted by atomic mass is 16.3. The van der Waals surface area contributed by atoms with Gasteiger partial charge in [-0.15, -0.1) is 0 Å². The van der Waals surface area contributed by atoms with E-state index in [0.29, 0.717) is 5.84 Å². The first kappa shape index (κ1) is 25.0. The molecule has 7 aromatic rings. The van der Waals surface area contributed by atoms with Gasteiger partial charge in [0.1, 0.15) is 23.2 Å². The van der Waals surface area contributed by atoms with Crippen molar-refractivity contribution in [2.45, 2.75) is 6.17 Å². The molecule has 0 spiro atoms. The third kappa shape index (κ3) is 4.59. The van der Waals surface area contributed by atoms with Gasteiger partial charge in [0.2, 0.25) is 0 Å². The van der Waals surface area contributed by atoms with Crippen LogP contribution in [0.4, 0.5) is 0 Å². The maximum absolute atomic E-state index is 6.23. The molecule has 6 aromatic carbocycles. The number of nitrogens with zero attached hydrogens (tertiary/aromatic N) is 2. The molecule has 1 aliphatic heterocycles. The summed E-state index contributed by atoms with van der Waals surface area (Å²) in [6, 6.07) is 52.1. The van der Waals surface area contributed by atoms with E-state index in [1.165, 1.54) is 5.56 Å². The van der Waals surface area contributed by atoms with Crippen LogP contribution in [0, 0.1) is 0 Å². The Morgan fingerprint density at radius 3 is 1.91 bits per heavy atom. The van der Waals surface area contributed by atoms with Gasteiger partial charge in [0.25, 0.3) is 0 Å². The number of hydrogen-bond acceptors (Lipinski definition) is 4. The second-order valence-electron chi connectivity index (χ2n) is 10.6. The molecule has 43 heavy (non-hydrogen) atoms. The number of aliphatic imine (C=N–C) groups is 2. The average Bonchev–Trinajstić information content (AvgIpc) is 3.48. The van der Waals surface area contributed by atoms with Crippen molar-refractivity contribution in [3.8, 4) is 22.3 Å². The molecule has 0 bridgehead atoms. The fourth-order valence-electron chi connectivity index (χ4n) is 5.90. The van der Waals surface area contributed by atoms with Gasteiger partial charge in [0.15, 0.2) is 5.84 Å². The molecular formula is C39H27N3O. The maximum Gasteiger partial charge on any atom is 0.159 e. The first-order chi connectivity index (χ1) is 21.3. The van der Waals surface area contributed by atoms with Crippen LogP contribution in [0.1, 0.15) is 22.9 Å². The fraction of sp³-hybridized carbons (Fsp3) is 0.0256. The summed E-state index contributed by atoms with van der Waals surface area (Å²) >= 11 is 0. The Hall–Kier alpha value is -5.74. The number of fused-ring (bicyclic) bond motifs is 3. The highest BCUT2D eigenvalue weighted by Gasteiger charge is 2.24. The molecular weight excluding hydrogens is 526 g/mol. The largest absolute Gasteiger partial charge is 0.456 e. The Bertz CT molecular complexity index is 2140. The van der Waals surface area contributed by atoms with Crippen molar-refractivity contribution in [2.75, 3.05) is 0 Å². The van der Waals surface area contributed by atoms with Crippen molar-refractivity contribution in [1.29, 1.82) is 0 Å². The van der Waals surface area contributed by atoms with Crippen molar-refractivity contribution in [3.05, 3.63) is 168 Å². The Morgan fingerprint density at radius 1 is 0.488 bits per heavy atom. The van der Waals surface area contributed by atoms with Crippen molar-refractivity contribution in [1.82, 2.24) is 5.32 Å². The van der Waals surface area contributed by atoms with E-state index in [-0.39, 0.29) is 6.17 Å². The van der Waals surface area contributed by atoms with Gasteiger partial charge in [-0.05, 0) is 34.4 Å². The number of amidine groups is 2. The zero-order valence-corrected chi connectivity index (χ0v) is 23.3. The van der Waals surface area contributed by atoms with Gasteiger partial charge in [-0.3, -0.25) is 0 Å². The lowest BCUT2D eigenvalue weighted by atomic mass is 9.94. The molecule has 1 aromatic heterocycles. The van der Waals surface area contributed by atoms with Crippen LogP contribution in [0.15, 0.2) is 166 Å². The van der Waals surface area contributed by atoms with Crippen molar-refractivity contribution >= 4 is 33.6 Å². The average molecular weight is 554 g/mol. The summed E-state index contributed by atoms with van der Waals surface area (Å²) < 4.78 is 6.23. The molecule has 1 N–H and O–H groups in total. The van der Waals surface area contributed by atoms with Crippen LogP contribution in [0.25, 0.3) is 44.2 Å². The van der Waals surface area contributed by atoms with Crippen molar-refractivity contribution < 1.29 is 4.42 Å². The standard InChI is InChI=1S/C39H27N3O/c1-3-12-26(13-4-1)27-22-24-29(25-23-27)38-40-37(28-14-5-2-6-15-28)41-39(42-38)32-17-8-7-16-30(32)31-19-11-21-35-36(31)33-18-9-10-20-34(33)43-35/h1-25,39H,(H,40,41,42). The molecule has 0 saturated heterocycles. The van der Waals surface area contributed by atoms with Gasteiger partial charge in [0, 0.05) is 27.5 Å². The quantitative estimate of drug-likeness (QED) is 0.231. The second kappa shape index (κ2) is 10.6. The van der Waals surface area contributed by atoms with E-state index in [1.54, 1.807) is 0 Å². The molecule has 1 aliphatic rings. The third-order valence-electron chi connectivity index (χ3n) is 7.99. The summed E-state index contributed by atoms with van der Waals surface area (Å²) in [7, 11) is 0. The first-order valence-electron chi connectivity index (χ1n) is 14.5. The van der Waals surface area contributed by atoms with Gasteiger partial charge < -0.3 is 9.73 Å². The maximum atomic E-state index is 6.23. The highest BCUT2D eigenvalue weighted by Crippen LogP contribution is 2.39. The van der Waals surface area contributed by atoms with Crippen LogP contribution < -0.4 is 5.32 Å². The van der Waals surface area contributed by atoms with E-state index in [0.717, 1.165) is 61.2 Å². The summed E-state index contributed by atoms with van der Waals surface area (Å²) in [5.41, 5.74) is 9.39. The van der Waals surface area contributed by atoms with Crippen LogP contribution in [-0.4, -0.2) is 11.7 Å². The van der Waals surface area contributed by atoms with E-state index < -0.39 is 0 Å². The van der Waals surface area contributed by atoms with Gasteiger partial charge >= 0.3 is 0 Å². The van der Waals surface area contributed by atoms with Gasteiger partial charge in [0.05, 0.1) is 0 Å². The Labute approximate surface area is 249 Å². The van der Waals surface area contributed by atoms with E-state index in [2.05, 4.69) is 115 Å². The van der Waals surface area contributed by atoms with Crippen molar-refractivity contribution in [3.63, 3.8) is 0 Å². The number of benzene rings is 6. The summed E-state index contributed by atoms with van der Waals surface area (Å²) in [4.78, 5) is 10.2. The van der Waals surface area contributed by atoms with E-state index in [4.69, 9.17) is 14.4 Å². The second-order valence-corrected chi connectivity index (χ2v) is 10.6. The molecule has 1 unspecified atom stereocenters. The minimum absolute atomic E-state index is 0.346. The van der Waals surface area contributed by atoms with Gasteiger partial charge in [-0.25, -0.2) is 9.98 Å². The summed E-state index contributed by atoms with van der Waals surface area (Å²) in [6.45, 7) is 0. The number of furan rings is 1. The smallest absolute Gasteiger partial charge is 0.159 e. The lowest BCUT2D eigenvalue weighted by molar-refractivity contribution is 0.668. The predicted molar refractivity (Wildman–Crippen MR) is 176 cm³/mol. The van der Waals surface area contributed by atoms with Crippen LogP contribution >= 0.6 is 0 Å². The minimum Gasteiger partial charge on any atom is -0.456 e. The topological polar surface area (TPSA) is 49.9 Å².